The Hall–Kier alpha value is -2.69. The minimum atomic E-state index is -0.174. The van der Waals surface area contributed by atoms with Crippen LogP contribution in [-0.4, -0.2) is 26.2 Å². The molecule has 0 spiro atoms. The smallest absolute Gasteiger partial charge is 0.258 e. The lowest BCUT2D eigenvalue weighted by atomic mass is 10.1. The molecular formula is C19H23NO4. The minimum Gasteiger partial charge on any atom is -0.497 e. The molecule has 0 heterocycles. The first-order valence-corrected chi connectivity index (χ1v) is 7.91. The maximum Gasteiger partial charge on any atom is 0.258 e. The van der Waals surface area contributed by atoms with Crippen LogP contribution in [0.4, 0.5) is 0 Å². The van der Waals surface area contributed by atoms with E-state index in [2.05, 4.69) is 5.32 Å². The van der Waals surface area contributed by atoms with Crippen molar-refractivity contribution in [1.82, 2.24) is 5.32 Å². The highest BCUT2D eigenvalue weighted by Crippen LogP contribution is 2.18. The van der Waals surface area contributed by atoms with Crippen LogP contribution in [0.5, 0.6) is 17.2 Å². The summed E-state index contributed by atoms with van der Waals surface area (Å²) < 4.78 is 16.0. The lowest BCUT2D eigenvalue weighted by Gasteiger charge is -2.15. The van der Waals surface area contributed by atoms with E-state index in [1.54, 1.807) is 31.4 Å². The topological polar surface area (TPSA) is 56.8 Å². The van der Waals surface area contributed by atoms with Crippen molar-refractivity contribution in [3.63, 3.8) is 0 Å². The standard InChI is InChI=1S/C19H23NO4/c1-4-23-17-7-5-15(6-8-17)14(2)20-19(21)13-24-18-11-9-16(22-3)10-12-18/h5-12,14H,4,13H2,1-3H3,(H,20,21). The van der Waals surface area contributed by atoms with Gasteiger partial charge in [-0.3, -0.25) is 4.79 Å². The molecule has 2 aromatic carbocycles. The summed E-state index contributed by atoms with van der Waals surface area (Å²) in [4.78, 5) is 12.0. The SMILES string of the molecule is CCOc1ccc(C(C)NC(=O)COc2ccc(OC)cc2)cc1. The molecule has 1 N–H and O–H groups in total. The van der Waals surface area contributed by atoms with Gasteiger partial charge in [0.2, 0.25) is 0 Å². The Labute approximate surface area is 142 Å². The van der Waals surface area contributed by atoms with E-state index in [1.807, 2.05) is 38.1 Å². The van der Waals surface area contributed by atoms with E-state index in [4.69, 9.17) is 14.2 Å². The second-order valence-electron chi connectivity index (χ2n) is 5.26. The molecule has 0 aliphatic rings. The minimum absolute atomic E-state index is 0.0340. The number of carbonyl (C=O) groups is 1. The zero-order chi connectivity index (χ0) is 17.4. The molecule has 0 fully saturated rings. The second kappa shape index (κ2) is 8.82. The Kier molecular flexibility index (Phi) is 6.49. The fourth-order valence-electron chi connectivity index (χ4n) is 2.21. The zero-order valence-corrected chi connectivity index (χ0v) is 14.2. The molecule has 0 aliphatic carbocycles. The number of hydrogen-bond donors (Lipinski definition) is 1. The molecule has 1 amide bonds. The van der Waals surface area contributed by atoms with Crippen LogP contribution in [0.3, 0.4) is 0 Å². The highest BCUT2D eigenvalue weighted by Gasteiger charge is 2.10. The van der Waals surface area contributed by atoms with E-state index in [9.17, 15) is 4.79 Å². The largest absolute Gasteiger partial charge is 0.497 e. The van der Waals surface area contributed by atoms with Crippen molar-refractivity contribution in [2.75, 3.05) is 20.3 Å². The van der Waals surface area contributed by atoms with Gasteiger partial charge in [-0.2, -0.15) is 0 Å². The van der Waals surface area contributed by atoms with E-state index in [0.717, 1.165) is 17.1 Å². The number of ether oxygens (including phenoxy) is 3. The summed E-state index contributed by atoms with van der Waals surface area (Å²) in [5.41, 5.74) is 1.01. The van der Waals surface area contributed by atoms with Gasteiger partial charge in [-0.05, 0) is 55.8 Å². The summed E-state index contributed by atoms with van der Waals surface area (Å²) in [5.74, 6) is 2.02. The average molecular weight is 329 g/mol. The molecule has 128 valence electrons. The molecule has 1 atom stereocenters. The summed E-state index contributed by atoms with van der Waals surface area (Å²) in [7, 11) is 1.60. The highest BCUT2D eigenvalue weighted by molar-refractivity contribution is 5.78. The summed E-state index contributed by atoms with van der Waals surface area (Å²) in [6.07, 6.45) is 0. The van der Waals surface area contributed by atoms with Crippen molar-refractivity contribution in [3.8, 4) is 17.2 Å². The predicted molar refractivity (Wildman–Crippen MR) is 92.7 cm³/mol. The van der Waals surface area contributed by atoms with Crippen LogP contribution in [0.1, 0.15) is 25.5 Å². The fraction of sp³-hybridized carbons (Fsp3) is 0.316. The number of rotatable bonds is 8. The molecule has 0 saturated heterocycles. The number of nitrogens with one attached hydrogen (secondary N) is 1. The van der Waals surface area contributed by atoms with Gasteiger partial charge in [-0.25, -0.2) is 0 Å². The highest BCUT2D eigenvalue weighted by atomic mass is 16.5. The lowest BCUT2D eigenvalue weighted by Crippen LogP contribution is -2.31. The summed E-state index contributed by atoms with van der Waals surface area (Å²) >= 11 is 0. The maximum absolute atomic E-state index is 12.0. The fourth-order valence-corrected chi connectivity index (χ4v) is 2.21. The first-order valence-electron chi connectivity index (χ1n) is 7.91. The van der Waals surface area contributed by atoms with E-state index >= 15 is 0 Å². The van der Waals surface area contributed by atoms with Crippen molar-refractivity contribution < 1.29 is 19.0 Å². The molecule has 1 unspecified atom stereocenters. The Morgan fingerprint density at radius 1 is 0.958 bits per heavy atom. The van der Waals surface area contributed by atoms with E-state index in [1.165, 1.54) is 0 Å². The molecule has 5 heteroatoms. The summed E-state index contributed by atoms with van der Waals surface area (Å²) in [5, 5.41) is 2.91. The number of carbonyl (C=O) groups excluding carboxylic acids is 1. The molecular weight excluding hydrogens is 306 g/mol. The zero-order valence-electron chi connectivity index (χ0n) is 14.2. The van der Waals surface area contributed by atoms with Gasteiger partial charge < -0.3 is 19.5 Å². The molecule has 24 heavy (non-hydrogen) atoms. The van der Waals surface area contributed by atoms with Gasteiger partial charge in [0.25, 0.3) is 5.91 Å². The van der Waals surface area contributed by atoms with Crippen molar-refractivity contribution in [2.24, 2.45) is 0 Å². The molecule has 0 aliphatic heterocycles. The molecule has 0 radical (unpaired) electrons. The Morgan fingerprint density at radius 2 is 1.50 bits per heavy atom. The van der Waals surface area contributed by atoms with Crippen LogP contribution in [0.25, 0.3) is 0 Å². The molecule has 2 aromatic rings. The monoisotopic (exact) mass is 329 g/mol. The normalized spacial score (nSPS) is 11.5. The van der Waals surface area contributed by atoms with Gasteiger partial charge in [0, 0.05) is 0 Å². The Balaban J connectivity index is 1.82. The first kappa shape index (κ1) is 17.7. The molecule has 0 aromatic heterocycles. The van der Waals surface area contributed by atoms with Crippen LogP contribution >= 0.6 is 0 Å². The van der Waals surface area contributed by atoms with Gasteiger partial charge in [0.15, 0.2) is 6.61 Å². The number of hydrogen-bond acceptors (Lipinski definition) is 4. The number of benzene rings is 2. The van der Waals surface area contributed by atoms with Crippen molar-refractivity contribution in [1.29, 1.82) is 0 Å². The maximum atomic E-state index is 12.0. The Morgan fingerprint density at radius 3 is 2.08 bits per heavy atom. The number of amides is 1. The molecule has 0 saturated carbocycles. The van der Waals surface area contributed by atoms with E-state index < -0.39 is 0 Å². The lowest BCUT2D eigenvalue weighted by molar-refractivity contribution is -0.123. The van der Waals surface area contributed by atoms with Crippen molar-refractivity contribution in [3.05, 3.63) is 54.1 Å². The summed E-state index contributed by atoms with van der Waals surface area (Å²) in [6.45, 7) is 4.47. The van der Waals surface area contributed by atoms with Crippen molar-refractivity contribution in [2.45, 2.75) is 19.9 Å². The first-order chi connectivity index (χ1) is 11.6. The van der Waals surface area contributed by atoms with Crippen LogP contribution < -0.4 is 19.5 Å². The van der Waals surface area contributed by atoms with Crippen LogP contribution in [0.2, 0.25) is 0 Å². The number of methoxy groups -OCH3 is 1. The third-order valence-corrected chi connectivity index (χ3v) is 3.50. The third-order valence-electron chi connectivity index (χ3n) is 3.50. The molecule has 0 bridgehead atoms. The molecule has 2 rings (SSSR count). The van der Waals surface area contributed by atoms with Gasteiger partial charge in [-0.1, -0.05) is 12.1 Å². The van der Waals surface area contributed by atoms with Gasteiger partial charge >= 0.3 is 0 Å². The van der Waals surface area contributed by atoms with E-state index in [0.29, 0.717) is 12.4 Å². The Bertz CT molecular complexity index is 637. The second-order valence-corrected chi connectivity index (χ2v) is 5.26. The van der Waals surface area contributed by atoms with Crippen LogP contribution in [0.15, 0.2) is 48.5 Å². The quantitative estimate of drug-likeness (QED) is 0.807. The average Bonchev–Trinajstić information content (AvgIpc) is 2.61. The predicted octanol–water partition coefficient (Wildman–Crippen LogP) is 3.35. The van der Waals surface area contributed by atoms with Gasteiger partial charge in [0.1, 0.15) is 17.2 Å². The molecule has 5 nitrogen and oxygen atoms in total. The van der Waals surface area contributed by atoms with Crippen molar-refractivity contribution >= 4 is 5.91 Å². The third kappa shape index (κ3) is 5.19. The van der Waals surface area contributed by atoms with E-state index in [-0.39, 0.29) is 18.6 Å². The van der Waals surface area contributed by atoms with Crippen LogP contribution in [0, 0.1) is 0 Å². The van der Waals surface area contributed by atoms with Gasteiger partial charge in [-0.15, -0.1) is 0 Å². The van der Waals surface area contributed by atoms with Gasteiger partial charge in [0.05, 0.1) is 19.8 Å². The van der Waals surface area contributed by atoms with Crippen LogP contribution in [-0.2, 0) is 4.79 Å². The summed E-state index contributed by atoms with van der Waals surface area (Å²) in [6, 6.07) is 14.7.